The van der Waals surface area contributed by atoms with Crippen LogP contribution in [0.1, 0.15) is 30.4 Å². The fraction of sp³-hybridized carbons (Fsp3) is 0.571. The maximum atomic E-state index is 5.99. The first-order valence-electron chi connectivity index (χ1n) is 6.61. The summed E-state index contributed by atoms with van der Waals surface area (Å²) in [5, 5.41) is 6.89. The number of ether oxygens (including phenoxy) is 1. The first kappa shape index (κ1) is 11.1. The minimum atomic E-state index is 0.536. The molecule has 1 atom stereocenters. The molecule has 17 heavy (non-hydrogen) atoms. The van der Waals surface area contributed by atoms with Gasteiger partial charge >= 0.3 is 0 Å². The van der Waals surface area contributed by atoms with E-state index in [0.29, 0.717) is 6.04 Å². The van der Waals surface area contributed by atoms with Gasteiger partial charge in [0.2, 0.25) is 0 Å². The summed E-state index contributed by atoms with van der Waals surface area (Å²) in [4.78, 5) is 0. The van der Waals surface area contributed by atoms with E-state index >= 15 is 0 Å². The molecule has 1 saturated heterocycles. The number of piperidine rings is 1. The van der Waals surface area contributed by atoms with Crippen molar-refractivity contribution in [2.24, 2.45) is 0 Å². The lowest BCUT2D eigenvalue weighted by molar-refractivity contribution is 0.237. The van der Waals surface area contributed by atoms with Crippen LogP contribution < -0.4 is 15.4 Å². The highest BCUT2D eigenvalue weighted by molar-refractivity contribution is 5.42. The second kappa shape index (κ2) is 5.07. The average Bonchev–Trinajstić information content (AvgIpc) is 2.86. The number of nitrogens with one attached hydrogen (secondary N) is 2. The first-order valence-corrected chi connectivity index (χ1v) is 6.61. The second-order valence-corrected chi connectivity index (χ2v) is 4.96. The van der Waals surface area contributed by atoms with Gasteiger partial charge in [-0.1, -0.05) is 18.6 Å². The number of hydrogen-bond donors (Lipinski definition) is 2. The van der Waals surface area contributed by atoms with E-state index in [1.54, 1.807) is 0 Å². The zero-order chi connectivity index (χ0) is 11.5. The summed E-state index contributed by atoms with van der Waals surface area (Å²) in [7, 11) is 0. The number of benzene rings is 1. The van der Waals surface area contributed by atoms with Gasteiger partial charge in [0.1, 0.15) is 12.4 Å². The zero-order valence-corrected chi connectivity index (χ0v) is 10.2. The molecule has 1 aromatic rings. The van der Waals surface area contributed by atoms with Gasteiger partial charge < -0.3 is 15.4 Å². The summed E-state index contributed by atoms with van der Waals surface area (Å²) in [5.41, 5.74) is 2.74. The first-order chi connectivity index (χ1) is 8.43. The third-order valence-corrected chi connectivity index (χ3v) is 3.70. The Balaban J connectivity index is 1.63. The van der Waals surface area contributed by atoms with Crippen LogP contribution in [0.2, 0.25) is 0 Å². The molecule has 92 valence electrons. The lowest BCUT2D eigenvalue weighted by atomic mass is 10.1. The predicted octanol–water partition coefficient (Wildman–Crippen LogP) is 1.81. The van der Waals surface area contributed by atoms with Crippen molar-refractivity contribution in [2.45, 2.75) is 38.4 Å². The molecule has 0 bridgehead atoms. The third-order valence-electron chi connectivity index (χ3n) is 3.70. The molecule has 3 heteroatoms. The standard InChI is InChI=1S/C14H20N2O/c1-2-7-16-12(5-1)10-17-14-6-3-4-11-8-15-9-13(11)14/h3-4,6,12,15-16H,1-2,5,7-10H2. The van der Waals surface area contributed by atoms with Gasteiger partial charge in [-0.25, -0.2) is 0 Å². The van der Waals surface area contributed by atoms with Gasteiger partial charge in [0.25, 0.3) is 0 Å². The summed E-state index contributed by atoms with van der Waals surface area (Å²) in [6.07, 6.45) is 3.88. The van der Waals surface area contributed by atoms with Gasteiger partial charge in [-0.05, 0) is 31.0 Å². The summed E-state index contributed by atoms with van der Waals surface area (Å²) < 4.78 is 5.99. The number of fused-ring (bicyclic) bond motifs is 1. The van der Waals surface area contributed by atoms with Crippen molar-refractivity contribution < 1.29 is 4.74 Å². The molecule has 0 spiro atoms. The summed E-state index contributed by atoms with van der Waals surface area (Å²) in [6.45, 7) is 3.87. The maximum absolute atomic E-state index is 5.99. The lowest BCUT2D eigenvalue weighted by Crippen LogP contribution is -2.38. The zero-order valence-electron chi connectivity index (χ0n) is 10.2. The minimum absolute atomic E-state index is 0.536. The monoisotopic (exact) mass is 232 g/mol. The molecular formula is C14H20N2O. The molecule has 3 rings (SSSR count). The van der Waals surface area contributed by atoms with Crippen LogP contribution >= 0.6 is 0 Å². The molecule has 0 radical (unpaired) electrons. The van der Waals surface area contributed by atoms with E-state index in [0.717, 1.165) is 32.0 Å². The van der Waals surface area contributed by atoms with Crippen molar-refractivity contribution in [1.82, 2.24) is 10.6 Å². The smallest absolute Gasteiger partial charge is 0.124 e. The Kier molecular flexibility index (Phi) is 3.29. The van der Waals surface area contributed by atoms with Gasteiger partial charge in [-0.15, -0.1) is 0 Å². The van der Waals surface area contributed by atoms with E-state index in [2.05, 4.69) is 28.8 Å². The molecule has 1 unspecified atom stereocenters. The molecule has 1 aromatic carbocycles. The van der Waals surface area contributed by atoms with Gasteiger partial charge in [0.05, 0.1) is 0 Å². The summed E-state index contributed by atoms with van der Waals surface area (Å²) in [6, 6.07) is 6.90. The van der Waals surface area contributed by atoms with Crippen LogP contribution in [0.25, 0.3) is 0 Å². The van der Waals surface area contributed by atoms with Crippen molar-refractivity contribution >= 4 is 0 Å². The maximum Gasteiger partial charge on any atom is 0.124 e. The van der Waals surface area contributed by atoms with Crippen LogP contribution in [0.3, 0.4) is 0 Å². The van der Waals surface area contributed by atoms with Gasteiger partial charge in [-0.3, -0.25) is 0 Å². The van der Waals surface area contributed by atoms with Crippen molar-refractivity contribution in [3.8, 4) is 5.75 Å². The Bertz CT molecular complexity index is 386. The Morgan fingerprint density at radius 1 is 1.24 bits per heavy atom. The molecule has 1 fully saturated rings. The van der Waals surface area contributed by atoms with Crippen molar-refractivity contribution in [2.75, 3.05) is 13.2 Å². The summed E-state index contributed by atoms with van der Waals surface area (Å²) >= 11 is 0. The number of hydrogen-bond acceptors (Lipinski definition) is 3. The normalized spacial score (nSPS) is 23.4. The van der Waals surface area contributed by atoms with Gasteiger partial charge in [-0.2, -0.15) is 0 Å². The van der Waals surface area contributed by atoms with E-state index in [-0.39, 0.29) is 0 Å². The molecule has 3 nitrogen and oxygen atoms in total. The van der Waals surface area contributed by atoms with Crippen LogP contribution in [-0.4, -0.2) is 19.2 Å². The fourth-order valence-electron chi connectivity index (χ4n) is 2.69. The topological polar surface area (TPSA) is 33.3 Å². The molecule has 2 heterocycles. The Hall–Kier alpha value is -1.06. The van der Waals surface area contributed by atoms with Crippen molar-refractivity contribution in [3.63, 3.8) is 0 Å². The van der Waals surface area contributed by atoms with Crippen LogP contribution in [0.4, 0.5) is 0 Å². The van der Waals surface area contributed by atoms with Crippen molar-refractivity contribution in [3.05, 3.63) is 29.3 Å². The van der Waals surface area contributed by atoms with E-state index in [4.69, 9.17) is 4.74 Å². The number of rotatable bonds is 3. The van der Waals surface area contributed by atoms with E-state index in [1.165, 1.54) is 30.4 Å². The molecule has 2 aliphatic heterocycles. The quantitative estimate of drug-likeness (QED) is 0.834. The minimum Gasteiger partial charge on any atom is -0.492 e. The fourth-order valence-corrected chi connectivity index (χ4v) is 2.69. The molecule has 0 saturated carbocycles. The largest absolute Gasteiger partial charge is 0.492 e. The predicted molar refractivity (Wildman–Crippen MR) is 68.1 cm³/mol. The molecule has 0 amide bonds. The van der Waals surface area contributed by atoms with Crippen molar-refractivity contribution in [1.29, 1.82) is 0 Å². The van der Waals surface area contributed by atoms with Crippen LogP contribution in [-0.2, 0) is 13.1 Å². The van der Waals surface area contributed by atoms with Gasteiger partial charge in [0.15, 0.2) is 0 Å². The molecular weight excluding hydrogens is 212 g/mol. The summed E-state index contributed by atoms with van der Waals surface area (Å²) in [5.74, 6) is 1.07. The Morgan fingerprint density at radius 3 is 3.12 bits per heavy atom. The van der Waals surface area contributed by atoms with E-state index < -0.39 is 0 Å². The molecule has 2 aliphatic rings. The van der Waals surface area contributed by atoms with Gasteiger partial charge in [0, 0.05) is 24.7 Å². The molecule has 0 aromatic heterocycles. The highest BCUT2D eigenvalue weighted by Gasteiger charge is 2.17. The molecule has 2 N–H and O–H groups in total. The lowest BCUT2D eigenvalue weighted by Gasteiger charge is -2.24. The average molecular weight is 232 g/mol. The third kappa shape index (κ3) is 2.45. The van der Waals surface area contributed by atoms with E-state index in [9.17, 15) is 0 Å². The second-order valence-electron chi connectivity index (χ2n) is 4.96. The Labute approximate surface area is 103 Å². The SMILES string of the molecule is c1cc2c(c(OCC3CCCCN3)c1)CNC2. The van der Waals surface area contributed by atoms with Crippen LogP contribution in [0.5, 0.6) is 5.75 Å². The molecule has 0 aliphatic carbocycles. The highest BCUT2D eigenvalue weighted by atomic mass is 16.5. The highest BCUT2D eigenvalue weighted by Crippen LogP contribution is 2.26. The van der Waals surface area contributed by atoms with E-state index in [1.807, 2.05) is 0 Å². The Morgan fingerprint density at radius 2 is 2.24 bits per heavy atom. The van der Waals surface area contributed by atoms with Crippen LogP contribution in [0, 0.1) is 0 Å². The van der Waals surface area contributed by atoms with Crippen LogP contribution in [0.15, 0.2) is 18.2 Å².